The van der Waals surface area contributed by atoms with E-state index in [2.05, 4.69) is 0 Å². The molecule has 0 saturated heterocycles. The van der Waals surface area contributed by atoms with Crippen LogP contribution in [0.15, 0.2) is 30.3 Å². The summed E-state index contributed by atoms with van der Waals surface area (Å²) in [5.41, 5.74) is 2.04. The summed E-state index contributed by atoms with van der Waals surface area (Å²) >= 11 is 0. The molecule has 6 nitrogen and oxygen atoms in total. The first-order valence-electron chi connectivity index (χ1n) is 7.97. The van der Waals surface area contributed by atoms with Gasteiger partial charge in [-0.05, 0) is 30.5 Å². The minimum Gasteiger partial charge on any atom is -0.507 e. The quantitative estimate of drug-likeness (QED) is 0.867. The molecule has 1 aliphatic heterocycles. The summed E-state index contributed by atoms with van der Waals surface area (Å²) in [6.07, 6.45) is 0.861. The van der Waals surface area contributed by atoms with Gasteiger partial charge in [-0.3, -0.25) is 4.79 Å². The number of aromatic hydroxyl groups is 1. The Kier molecular flexibility index (Phi) is 4.70. The standard InChI is InChI=1S/C19H20O6/c1-23-12-5-3-11(4-6-12)16-8-7-13-17(24-2)10-15(20)14(9-18(21)22)19(13)25-16/h3-6,10,16,20H,7-9H2,1-2H3,(H,21,22)/t16-/m0/s1. The number of hydrogen-bond acceptors (Lipinski definition) is 5. The zero-order valence-electron chi connectivity index (χ0n) is 14.1. The largest absolute Gasteiger partial charge is 0.507 e. The maximum Gasteiger partial charge on any atom is 0.308 e. The lowest BCUT2D eigenvalue weighted by atomic mass is 9.93. The average Bonchev–Trinajstić information content (AvgIpc) is 2.63. The van der Waals surface area contributed by atoms with Crippen molar-refractivity contribution in [3.8, 4) is 23.0 Å². The summed E-state index contributed by atoms with van der Waals surface area (Å²) < 4.78 is 16.6. The van der Waals surface area contributed by atoms with Gasteiger partial charge < -0.3 is 24.4 Å². The molecule has 2 N–H and O–H groups in total. The summed E-state index contributed by atoms with van der Waals surface area (Å²) in [6.45, 7) is 0. The number of rotatable bonds is 5. The maximum atomic E-state index is 11.2. The Morgan fingerprint density at radius 2 is 1.96 bits per heavy atom. The van der Waals surface area contributed by atoms with Gasteiger partial charge in [-0.25, -0.2) is 0 Å². The molecule has 0 bridgehead atoms. The summed E-state index contributed by atoms with van der Waals surface area (Å²) in [7, 11) is 3.12. The first-order valence-corrected chi connectivity index (χ1v) is 7.97. The van der Waals surface area contributed by atoms with E-state index in [4.69, 9.17) is 19.3 Å². The number of phenols is 1. The average molecular weight is 344 g/mol. The molecule has 0 fully saturated rings. The van der Waals surface area contributed by atoms with Crippen molar-refractivity contribution in [1.29, 1.82) is 0 Å². The second-order valence-electron chi connectivity index (χ2n) is 5.87. The van der Waals surface area contributed by atoms with Crippen LogP contribution in [0.3, 0.4) is 0 Å². The number of carboxylic acids is 1. The van der Waals surface area contributed by atoms with Crippen LogP contribution in [0.5, 0.6) is 23.0 Å². The maximum absolute atomic E-state index is 11.2. The summed E-state index contributed by atoms with van der Waals surface area (Å²) in [6, 6.07) is 9.01. The lowest BCUT2D eigenvalue weighted by Gasteiger charge is -2.29. The lowest BCUT2D eigenvalue weighted by molar-refractivity contribution is -0.136. The molecule has 6 heteroatoms. The molecule has 2 aromatic carbocycles. The normalized spacial score (nSPS) is 15.8. The number of carboxylic acid groups (broad SMARTS) is 1. The Morgan fingerprint density at radius 1 is 1.24 bits per heavy atom. The highest BCUT2D eigenvalue weighted by Crippen LogP contribution is 2.45. The van der Waals surface area contributed by atoms with E-state index in [-0.39, 0.29) is 23.8 Å². The third-order valence-electron chi connectivity index (χ3n) is 4.37. The van der Waals surface area contributed by atoms with E-state index in [0.29, 0.717) is 17.9 Å². The van der Waals surface area contributed by atoms with E-state index in [9.17, 15) is 9.90 Å². The predicted octanol–water partition coefficient (Wildman–Crippen LogP) is 3.10. The molecule has 0 aromatic heterocycles. The molecule has 0 radical (unpaired) electrons. The molecule has 1 heterocycles. The van der Waals surface area contributed by atoms with Gasteiger partial charge in [-0.1, -0.05) is 12.1 Å². The topological polar surface area (TPSA) is 85.2 Å². The van der Waals surface area contributed by atoms with Gasteiger partial charge >= 0.3 is 5.97 Å². The van der Waals surface area contributed by atoms with Crippen LogP contribution in [0.2, 0.25) is 0 Å². The summed E-state index contributed by atoms with van der Waals surface area (Å²) in [4.78, 5) is 11.2. The molecule has 2 aromatic rings. The van der Waals surface area contributed by atoms with Gasteiger partial charge in [-0.2, -0.15) is 0 Å². The Hall–Kier alpha value is -2.89. The van der Waals surface area contributed by atoms with Crippen LogP contribution < -0.4 is 14.2 Å². The van der Waals surface area contributed by atoms with Crippen LogP contribution in [0.1, 0.15) is 29.2 Å². The van der Waals surface area contributed by atoms with Crippen molar-refractivity contribution in [2.24, 2.45) is 0 Å². The number of fused-ring (bicyclic) bond motifs is 1. The Morgan fingerprint density at radius 3 is 2.56 bits per heavy atom. The number of phenolic OH excluding ortho intramolecular Hbond substituents is 1. The smallest absolute Gasteiger partial charge is 0.308 e. The van der Waals surface area contributed by atoms with Gasteiger partial charge in [0.25, 0.3) is 0 Å². The molecular formula is C19H20O6. The van der Waals surface area contributed by atoms with Crippen LogP contribution in [0.25, 0.3) is 0 Å². The van der Waals surface area contributed by atoms with E-state index in [1.807, 2.05) is 24.3 Å². The lowest BCUT2D eigenvalue weighted by Crippen LogP contribution is -2.18. The van der Waals surface area contributed by atoms with Crippen molar-refractivity contribution < 1.29 is 29.2 Å². The van der Waals surface area contributed by atoms with Gasteiger partial charge in [0.15, 0.2) is 0 Å². The highest BCUT2D eigenvalue weighted by atomic mass is 16.5. The molecule has 1 atom stereocenters. The fourth-order valence-corrected chi connectivity index (χ4v) is 3.12. The molecule has 0 aliphatic carbocycles. The number of carbonyl (C=O) groups is 1. The molecule has 132 valence electrons. The van der Waals surface area contributed by atoms with E-state index >= 15 is 0 Å². The highest BCUT2D eigenvalue weighted by molar-refractivity contribution is 5.74. The number of aliphatic carboxylic acids is 1. The zero-order chi connectivity index (χ0) is 18.0. The Labute approximate surface area is 145 Å². The molecule has 1 aliphatic rings. The third kappa shape index (κ3) is 3.33. The van der Waals surface area contributed by atoms with E-state index in [0.717, 1.165) is 23.3 Å². The molecule has 0 unspecified atom stereocenters. The molecular weight excluding hydrogens is 324 g/mol. The fourth-order valence-electron chi connectivity index (χ4n) is 3.12. The van der Waals surface area contributed by atoms with E-state index < -0.39 is 5.97 Å². The van der Waals surface area contributed by atoms with Crippen molar-refractivity contribution in [2.45, 2.75) is 25.4 Å². The van der Waals surface area contributed by atoms with Crippen LogP contribution in [0, 0.1) is 0 Å². The van der Waals surface area contributed by atoms with Crippen molar-refractivity contribution in [1.82, 2.24) is 0 Å². The monoisotopic (exact) mass is 344 g/mol. The van der Waals surface area contributed by atoms with Gasteiger partial charge in [0.05, 0.1) is 20.6 Å². The van der Waals surface area contributed by atoms with Crippen LogP contribution in [-0.2, 0) is 17.6 Å². The van der Waals surface area contributed by atoms with Crippen LogP contribution in [0.4, 0.5) is 0 Å². The number of benzene rings is 2. The molecule has 0 saturated carbocycles. The van der Waals surface area contributed by atoms with Crippen molar-refractivity contribution in [3.05, 3.63) is 47.0 Å². The predicted molar refractivity (Wildman–Crippen MR) is 90.7 cm³/mol. The summed E-state index contributed by atoms with van der Waals surface area (Å²) in [5.74, 6) is 0.512. The number of ether oxygens (including phenoxy) is 3. The van der Waals surface area contributed by atoms with Gasteiger partial charge in [0, 0.05) is 17.2 Å². The molecule has 3 rings (SSSR count). The second kappa shape index (κ2) is 6.93. The van der Waals surface area contributed by atoms with Gasteiger partial charge in [0.2, 0.25) is 0 Å². The van der Waals surface area contributed by atoms with Crippen molar-refractivity contribution in [3.63, 3.8) is 0 Å². The van der Waals surface area contributed by atoms with E-state index in [1.54, 1.807) is 7.11 Å². The van der Waals surface area contributed by atoms with Crippen LogP contribution in [-0.4, -0.2) is 30.4 Å². The highest BCUT2D eigenvalue weighted by Gasteiger charge is 2.29. The number of methoxy groups -OCH3 is 2. The Balaban J connectivity index is 1.99. The minimum absolute atomic E-state index is 0.131. The second-order valence-corrected chi connectivity index (χ2v) is 5.87. The van der Waals surface area contributed by atoms with E-state index in [1.165, 1.54) is 13.2 Å². The first kappa shape index (κ1) is 17.0. The molecule has 0 spiro atoms. The van der Waals surface area contributed by atoms with Crippen molar-refractivity contribution in [2.75, 3.05) is 14.2 Å². The Bertz CT molecular complexity index is 781. The first-order chi connectivity index (χ1) is 12.0. The van der Waals surface area contributed by atoms with Crippen molar-refractivity contribution >= 4 is 5.97 Å². The zero-order valence-corrected chi connectivity index (χ0v) is 14.1. The fraction of sp³-hybridized carbons (Fsp3) is 0.316. The molecule has 0 amide bonds. The van der Waals surface area contributed by atoms with Gasteiger partial charge in [0.1, 0.15) is 29.1 Å². The molecule has 25 heavy (non-hydrogen) atoms. The minimum atomic E-state index is -1.03. The van der Waals surface area contributed by atoms with Gasteiger partial charge in [-0.15, -0.1) is 0 Å². The summed E-state index contributed by atoms with van der Waals surface area (Å²) in [5, 5.41) is 19.4. The third-order valence-corrected chi connectivity index (χ3v) is 4.37. The number of hydrogen-bond donors (Lipinski definition) is 2. The SMILES string of the molecule is COc1ccc([C@@H]2CCc3c(OC)cc(O)c(CC(=O)O)c3O2)cc1. The van der Waals surface area contributed by atoms with Crippen LogP contribution >= 0.6 is 0 Å².